The smallest absolute Gasteiger partial charge is 0.337 e. The fourth-order valence-corrected chi connectivity index (χ4v) is 26.6. The SMILES string of the molecule is COC(=O)C1=CO[C@@H](C)[C@@H]2CN3CCc4c([nH]c5ccc(C)cc45)[C@@H]3C[C@H]12.COC(=O)C1=CO[C@@H](C)[C@H]2CN3CCc4c([nH]c5cc(O)ccc45)[C@@H]3C[C@H]12.COC(=O)C1=CO[C@@H](C)[C@H]2CN3CCc4c([nH]c5ccc(O)cc45)[C@@H]3C[C@H]12.COC(=O)C1=CO[C@H](C)[C@H]2C(C#N)N3CCc4c([nH]c5ccccc45)[C@@H]3C[C@H]12.COc1ccc2c3c([nH]c2c1)[C@@H]1C[C@@H]2C(OC(C)=O)=CO[C@H](C)[C@H]2CN1CC3. The van der Waals surface area contributed by atoms with Gasteiger partial charge in [0.25, 0.3) is 0 Å². The second kappa shape index (κ2) is 36.8. The van der Waals surface area contributed by atoms with Crippen LogP contribution in [-0.2, 0) is 103 Å². The lowest BCUT2D eigenvalue weighted by molar-refractivity contribution is -0.141. The monoisotopic (exact) mass is 1860 g/mol. The molecule has 5 aromatic heterocycles. The molecule has 1 unspecified atom stereocenters. The Balaban J connectivity index is 0.000000102. The standard InChI is InChI=1S/C22H23N3O3.C22H26N2O4.C22H26N2O3.2C21H24N2O4/c1-12-20-15(16(11-28-12)22(26)27-2)9-18-21-14(7-8-25(18)19(20)10-23)13-5-3-4-6-17(13)24-21;1-12-18-10-24-7-6-16-15-5-4-14(26-3)8-19(15)23-22(16)20(24)9-17(18)21(11-27-12)28-13(2)25;1-12-4-5-19-16(8-12)14-6-7-24-10-17-13(2)27-11-18(22(25)26-3)15(17)9-20(24)21(14)23-19;1-11-16-9-23-6-5-13-15-7-12(24)3-4-18(15)22-20(13)19(23)8-14(16)17(10-27-11)21(25)26-2;1-11-16-9-23-6-5-14-13-4-3-12(24)7-18(13)22-20(14)19(23)8-15(16)17(10-27-11)21(25)26-2/h3-6,11-12,15,18-20,24H,7-9H2,1-2H3;4-5,8,11-12,17-18,20,23H,6-7,9-10H2,1-3H3;4-5,8,11,13,15,17,20,23H,6-7,9-10H2,1-3H3;3-4,7,10-11,14,16,19,22,24H,5-6,8-9H2,1-2H3;3-4,7,10-11,15-16,19,22,24H,5-6,8-9H2,1-2H3/t12-,15-,18+,19?,20-;12-,17+,18-,20+;13-,15-,17-,20-;11-,14-,16+,19-;11-,15-,16+,19-/m11000/s1. The minimum atomic E-state index is -0.361. The molecule has 0 amide bonds. The van der Waals surface area contributed by atoms with E-state index in [1.165, 1.54) is 124 Å². The summed E-state index contributed by atoms with van der Waals surface area (Å²) in [5.74, 6) is 2.41. The summed E-state index contributed by atoms with van der Waals surface area (Å²) in [7, 11) is 7.39. The number of aromatic amines is 5. The van der Waals surface area contributed by atoms with E-state index in [0.29, 0.717) is 57.7 Å². The zero-order chi connectivity index (χ0) is 94.9. The highest BCUT2D eigenvalue weighted by atomic mass is 16.6. The molecule has 137 heavy (non-hydrogen) atoms. The van der Waals surface area contributed by atoms with E-state index in [1.54, 1.807) is 56.6 Å². The number of piperidine rings is 5. The highest BCUT2D eigenvalue weighted by Crippen LogP contribution is 2.56. The van der Waals surface area contributed by atoms with Crippen molar-refractivity contribution in [3.05, 3.63) is 218 Å². The van der Waals surface area contributed by atoms with Gasteiger partial charge in [0.1, 0.15) is 41.4 Å². The van der Waals surface area contributed by atoms with E-state index >= 15 is 0 Å². The number of hydrogen-bond donors (Lipinski definition) is 7. The van der Waals surface area contributed by atoms with E-state index in [4.69, 9.17) is 52.1 Å². The average Bonchev–Trinajstić information content (AvgIpc) is 1.65. The van der Waals surface area contributed by atoms with E-state index in [0.717, 1.165) is 156 Å². The summed E-state index contributed by atoms with van der Waals surface area (Å²) >= 11 is 0. The number of aromatic hydroxyl groups is 2. The van der Waals surface area contributed by atoms with Gasteiger partial charge >= 0.3 is 29.8 Å². The summed E-state index contributed by atoms with van der Waals surface area (Å²) in [5.41, 5.74) is 22.5. The Labute approximate surface area is 795 Å². The van der Waals surface area contributed by atoms with Gasteiger partial charge in [-0.15, -0.1) is 0 Å². The van der Waals surface area contributed by atoms with E-state index < -0.39 is 0 Å². The molecule has 21 atom stereocenters. The summed E-state index contributed by atoms with van der Waals surface area (Å²) in [5, 5.41) is 36.0. The maximum absolute atomic E-state index is 12.4. The molecule has 15 aliphatic rings. The van der Waals surface area contributed by atoms with Gasteiger partial charge in [0.05, 0.1) is 144 Å². The van der Waals surface area contributed by atoms with Crippen molar-refractivity contribution in [1.29, 1.82) is 5.26 Å². The van der Waals surface area contributed by atoms with Crippen molar-refractivity contribution in [2.24, 2.45) is 59.2 Å². The number of fused-ring (bicyclic) bond motifs is 30. The van der Waals surface area contributed by atoms with Crippen LogP contribution in [0.2, 0.25) is 0 Å². The van der Waals surface area contributed by atoms with Gasteiger partial charge in [0.2, 0.25) is 0 Å². The maximum atomic E-state index is 12.4. The molecular formula is C108H123N11O18. The van der Waals surface area contributed by atoms with Crippen LogP contribution in [0.25, 0.3) is 54.5 Å². The second-order valence-electron chi connectivity index (χ2n) is 40.2. The van der Waals surface area contributed by atoms with Crippen LogP contribution in [0.3, 0.4) is 0 Å². The van der Waals surface area contributed by atoms with E-state index in [2.05, 4.69) is 139 Å². The number of para-hydroxylation sites is 1. The first-order chi connectivity index (χ1) is 66.4. The third-order valence-corrected chi connectivity index (χ3v) is 33.4. The minimum absolute atomic E-state index is 0.0497. The van der Waals surface area contributed by atoms with Crippen LogP contribution in [-0.4, -0.2) is 220 Å². The Morgan fingerprint density at radius 1 is 0.394 bits per heavy atom. The van der Waals surface area contributed by atoms with Crippen LogP contribution in [0.4, 0.5) is 0 Å². The summed E-state index contributed by atoms with van der Waals surface area (Å²) in [6.07, 6.45) is 17.7. The number of H-pyrrole nitrogens is 5. The van der Waals surface area contributed by atoms with Crippen molar-refractivity contribution in [3.8, 4) is 23.3 Å². The number of phenolic OH excluding ortho intramolecular Hbond substituents is 2. The number of allylic oxidation sites excluding steroid dienone is 1. The van der Waals surface area contributed by atoms with Crippen LogP contribution in [0.5, 0.6) is 17.2 Å². The maximum Gasteiger partial charge on any atom is 0.337 e. The molecule has 0 bridgehead atoms. The van der Waals surface area contributed by atoms with Gasteiger partial charge in [-0.1, -0.05) is 29.8 Å². The first-order valence-electron chi connectivity index (χ1n) is 48.8. The number of benzene rings is 5. The van der Waals surface area contributed by atoms with Crippen molar-refractivity contribution in [3.63, 3.8) is 0 Å². The van der Waals surface area contributed by atoms with Crippen molar-refractivity contribution >= 4 is 84.4 Å². The number of ether oxygens (including phenoxy) is 11. The number of phenols is 2. The molecule has 5 fully saturated rings. The third-order valence-electron chi connectivity index (χ3n) is 33.4. The van der Waals surface area contributed by atoms with Crippen molar-refractivity contribution in [2.75, 3.05) is 94.5 Å². The number of nitrogens with one attached hydrogen (secondary N) is 5. The van der Waals surface area contributed by atoms with Crippen LogP contribution in [0, 0.1) is 77.4 Å². The Hall–Kier alpha value is -12.5. The number of nitriles is 1. The molecule has 718 valence electrons. The molecule has 29 nitrogen and oxygen atoms in total. The molecule has 25 rings (SSSR count). The Morgan fingerprint density at radius 2 is 0.759 bits per heavy atom. The first-order valence-corrected chi connectivity index (χ1v) is 48.8. The molecule has 10 aromatic rings. The summed E-state index contributed by atoms with van der Waals surface area (Å²) in [4.78, 5) is 91.5. The number of carbonyl (C=O) groups excluding carboxylic acids is 5. The fourth-order valence-electron chi connectivity index (χ4n) is 26.6. The Morgan fingerprint density at radius 3 is 1.23 bits per heavy atom. The molecule has 0 saturated carbocycles. The summed E-state index contributed by atoms with van der Waals surface area (Å²) in [6.45, 7) is 22.6. The normalized spacial score (nSPS) is 30.1. The largest absolute Gasteiger partial charge is 0.508 e. The Kier molecular flexibility index (Phi) is 24.4. The molecule has 0 aliphatic carbocycles. The number of carbonyl (C=O) groups is 5. The number of aryl methyl sites for hydroxylation is 1. The number of nitrogens with zero attached hydrogens (tertiary/aromatic N) is 6. The van der Waals surface area contributed by atoms with Crippen molar-refractivity contribution in [2.45, 2.75) is 179 Å². The van der Waals surface area contributed by atoms with Crippen LogP contribution < -0.4 is 4.74 Å². The van der Waals surface area contributed by atoms with Gasteiger partial charge in [0.15, 0.2) is 0 Å². The van der Waals surface area contributed by atoms with Crippen LogP contribution in [0.1, 0.15) is 166 Å². The molecular weight excluding hydrogens is 1740 g/mol. The number of rotatable bonds is 6. The average molecular weight is 1860 g/mol. The number of esters is 5. The molecule has 15 aliphatic heterocycles. The minimum Gasteiger partial charge on any atom is -0.508 e. The number of aromatic nitrogens is 5. The fraction of sp³-hybridized carbons (Fsp3) is 0.481. The lowest BCUT2D eigenvalue weighted by Gasteiger charge is -2.51. The van der Waals surface area contributed by atoms with E-state index in [-0.39, 0.29) is 138 Å². The highest BCUT2D eigenvalue weighted by molar-refractivity contribution is 5.93. The zero-order valence-electron chi connectivity index (χ0n) is 79.8. The van der Waals surface area contributed by atoms with Crippen molar-refractivity contribution < 1.29 is 86.3 Å². The second-order valence-corrected chi connectivity index (χ2v) is 40.2. The van der Waals surface area contributed by atoms with E-state index in [1.807, 2.05) is 37.3 Å². The predicted octanol–water partition coefficient (Wildman–Crippen LogP) is 15.9. The molecule has 0 radical (unpaired) electrons. The molecule has 5 saturated heterocycles. The highest BCUT2D eigenvalue weighted by Gasteiger charge is 2.56. The summed E-state index contributed by atoms with van der Waals surface area (Å²) < 4.78 is 59.8. The lowest BCUT2D eigenvalue weighted by atomic mass is 9.68. The lowest BCUT2D eigenvalue weighted by Crippen LogP contribution is -2.57. The molecule has 20 heterocycles. The van der Waals surface area contributed by atoms with E-state index in [9.17, 15) is 39.4 Å². The van der Waals surface area contributed by atoms with Crippen molar-refractivity contribution in [1.82, 2.24) is 49.4 Å². The van der Waals surface area contributed by atoms with Gasteiger partial charge in [-0.3, -0.25) is 29.3 Å². The molecule has 0 spiro atoms. The summed E-state index contributed by atoms with van der Waals surface area (Å²) in [6, 6.07) is 35.7. The zero-order valence-corrected chi connectivity index (χ0v) is 79.8. The number of methoxy groups -OCH3 is 5. The molecule has 7 N–H and O–H groups in total. The topological polar surface area (TPSA) is 346 Å². The predicted molar refractivity (Wildman–Crippen MR) is 512 cm³/mol. The molecule has 5 aromatic carbocycles. The first kappa shape index (κ1) is 91.0. The van der Waals surface area contributed by atoms with Gasteiger partial charge in [-0.25, -0.2) is 19.2 Å². The third kappa shape index (κ3) is 16.1. The van der Waals surface area contributed by atoms with Gasteiger partial charge in [0, 0.05) is 220 Å². The number of hydrogen-bond acceptors (Lipinski definition) is 24. The van der Waals surface area contributed by atoms with Crippen LogP contribution >= 0.6 is 0 Å². The van der Waals surface area contributed by atoms with Gasteiger partial charge in [-0.2, -0.15) is 5.26 Å². The van der Waals surface area contributed by atoms with Gasteiger partial charge < -0.3 is 87.2 Å². The quantitative estimate of drug-likeness (QED) is 0.0600. The Bertz CT molecular complexity index is 6400. The molecule has 29 heteroatoms. The van der Waals surface area contributed by atoms with Gasteiger partial charge in [-0.05, 0) is 194 Å². The van der Waals surface area contributed by atoms with Crippen LogP contribution in [0.15, 0.2) is 156 Å².